The number of anilines is 1. The van der Waals surface area contributed by atoms with Gasteiger partial charge in [0.05, 0.1) is 6.61 Å². The standard InChI is InChI=1S/C18H26ClN3O/c1-5-6-7-14-16-13(8-9-22(14)10-11-23)12-15(19)20-17(16)21-18(2,3)4/h7-9,12,23H,5-6,10-11H2,1-4H3,(H,20,21). The summed E-state index contributed by atoms with van der Waals surface area (Å²) in [4.78, 5) is 6.59. The molecule has 0 bridgehead atoms. The number of aliphatic hydroxyl groups excluding tert-OH is 1. The van der Waals surface area contributed by atoms with Gasteiger partial charge in [0.25, 0.3) is 0 Å². The third-order valence-electron chi connectivity index (χ3n) is 3.48. The number of fused-ring (bicyclic) bond motifs is 1. The zero-order valence-electron chi connectivity index (χ0n) is 14.4. The number of allylic oxidation sites excluding steroid dienone is 1. The quantitative estimate of drug-likeness (QED) is 0.785. The van der Waals surface area contributed by atoms with E-state index in [4.69, 9.17) is 11.6 Å². The Balaban J connectivity index is 2.57. The van der Waals surface area contributed by atoms with Gasteiger partial charge in [-0.1, -0.05) is 31.0 Å². The van der Waals surface area contributed by atoms with Crippen LogP contribution < -0.4 is 5.32 Å². The van der Waals surface area contributed by atoms with Crippen molar-refractivity contribution in [3.05, 3.63) is 34.6 Å². The van der Waals surface area contributed by atoms with Crippen molar-refractivity contribution in [2.24, 2.45) is 0 Å². The zero-order valence-corrected chi connectivity index (χ0v) is 15.1. The molecule has 0 radical (unpaired) electrons. The van der Waals surface area contributed by atoms with Crippen LogP contribution in [0.15, 0.2) is 18.3 Å². The monoisotopic (exact) mass is 335 g/mol. The van der Waals surface area contributed by atoms with E-state index in [0.717, 1.165) is 35.5 Å². The molecule has 1 aromatic heterocycles. The minimum Gasteiger partial charge on any atom is -0.395 e. The first-order valence-corrected chi connectivity index (χ1v) is 8.48. The first-order valence-electron chi connectivity index (χ1n) is 8.10. The minimum absolute atomic E-state index is 0.103. The lowest BCUT2D eigenvalue weighted by Gasteiger charge is -2.31. The van der Waals surface area contributed by atoms with Gasteiger partial charge in [0.15, 0.2) is 0 Å². The Bertz CT molecular complexity index is 617. The van der Waals surface area contributed by atoms with Crippen LogP contribution in [0.3, 0.4) is 0 Å². The number of unbranched alkanes of at least 4 members (excludes halogenated alkanes) is 1. The second-order valence-electron chi connectivity index (χ2n) is 6.74. The summed E-state index contributed by atoms with van der Waals surface area (Å²) in [6.07, 6.45) is 8.27. The number of aliphatic hydroxyl groups is 1. The van der Waals surface area contributed by atoms with E-state index in [2.05, 4.69) is 49.0 Å². The average molecular weight is 336 g/mol. The van der Waals surface area contributed by atoms with Crippen LogP contribution >= 0.6 is 11.6 Å². The largest absolute Gasteiger partial charge is 0.395 e. The molecular formula is C18H26ClN3O. The third kappa shape index (κ3) is 4.49. The molecule has 0 spiro atoms. The van der Waals surface area contributed by atoms with Gasteiger partial charge in [-0.15, -0.1) is 0 Å². The van der Waals surface area contributed by atoms with E-state index >= 15 is 0 Å². The summed E-state index contributed by atoms with van der Waals surface area (Å²) in [5.41, 5.74) is 3.06. The van der Waals surface area contributed by atoms with E-state index < -0.39 is 0 Å². The molecule has 2 rings (SSSR count). The number of hydrogen-bond acceptors (Lipinski definition) is 4. The van der Waals surface area contributed by atoms with Gasteiger partial charge in [0.2, 0.25) is 0 Å². The Kier molecular flexibility index (Phi) is 5.71. The van der Waals surface area contributed by atoms with Gasteiger partial charge in [-0.05, 0) is 44.9 Å². The van der Waals surface area contributed by atoms with Crippen molar-refractivity contribution in [1.82, 2.24) is 9.88 Å². The van der Waals surface area contributed by atoms with Crippen LogP contribution in [0, 0.1) is 0 Å². The Hall–Kier alpha value is -1.52. The average Bonchev–Trinajstić information content (AvgIpc) is 2.44. The lowest BCUT2D eigenvalue weighted by molar-refractivity contribution is 0.267. The number of pyridine rings is 1. The number of nitrogens with zero attached hydrogens (tertiary/aromatic N) is 2. The highest BCUT2D eigenvalue weighted by Gasteiger charge is 2.24. The maximum Gasteiger partial charge on any atom is 0.138 e. The molecule has 2 N–H and O–H groups in total. The molecule has 5 heteroatoms. The Labute approximate surface area is 143 Å². The maximum atomic E-state index is 9.35. The first kappa shape index (κ1) is 17.8. The van der Waals surface area contributed by atoms with Gasteiger partial charge in [-0.2, -0.15) is 0 Å². The van der Waals surface area contributed by atoms with Crippen molar-refractivity contribution in [3.63, 3.8) is 0 Å². The fraction of sp³-hybridized carbons (Fsp3) is 0.500. The second-order valence-corrected chi connectivity index (χ2v) is 7.13. The van der Waals surface area contributed by atoms with Gasteiger partial charge in [0, 0.05) is 29.5 Å². The molecule has 1 aromatic rings. The minimum atomic E-state index is -0.121. The molecule has 126 valence electrons. The van der Waals surface area contributed by atoms with Crippen molar-refractivity contribution in [1.29, 1.82) is 0 Å². The van der Waals surface area contributed by atoms with Crippen LogP contribution in [-0.2, 0) is 0 Å². The van der Waals surface area contributed by atoms with E-state index in [1.165, 1.54) is 0 Å². The molecule has 0 saturated carbocycles. The van der Waals surface area contributed by atoms with E-state index in [1.54, 1.807) is 0 Å². The van der Waals surface area contributed by atoms with Gasteiger partial charge >= 0.3 is 0 Å². The Morgan fingerprint density at radius 2 is 2.13 bits per heavy atom. The molecule has 0 aliphatic carbocycles. The number of β-amino-alcohol motifs (C(OH)–C–C–N with tert-alkyl or cyclic N) is 1. The van der Waals surface area contributed by atoms with Crippen LogP contribution in [0.25, 0.3) is 11.8 Å². The highest BCUT2D eigenvalue weighted by atomic mass is 35.5. The third-order valence-corrected chi connectivity index (χ3v) is 3.67. The number of hydrogen-bond donors (Lipinski definition) is 2. The van der Waals surface area contributed by atoms with E-state index in [1.807, 2.05) is 18.3 Å². The summed E-state index contributed by atoms with van der Waals surface area (Å²) in [5, 5.41) is 13.3. The molecule has 0 saturated heterocycles. The summed E-state index contributed by atoms with van der Waals surface area (Å²) < 4.78 is 0. The van der Waals surface area contributed by atoms with Crippen LogP contribution in [0.1, 0.15) is 51.7 Å². The summed E-state index contributed by atoms with van der Waals surface area (Å²) in [7, 11) is 0. The number of rotatable bonds is 5. The van der Waals surface area contributed by atoms with Crippen molar-refractivity contribution < 1.29 is 5.11 Å². The van der Waals surface area contributed by atoms with Crippen LogP contribution in [0.2, 0.25) is 5.15 Å². The van der Waals surface area contributed by atoms with Gasteiger partial charge in [-0.3, -0.25) is 0 Å². The number of halogens is 1. The molecular weight excluding hydrogens is 310 g/mol. The molecule has 4 nitrogen and oxygen atoms in total. The van der Waals surface area contributed by atoms with E-state index in [9.17, 15) is 5.11 Å². The SMILES string of the molecule is CCCC=C1c2c(cc(Cl)nc2NC(C)(C)C)C=CN1CCO. The van der Waals surface area contributed by atoms with Crippen molar-refractivity contribution in [2.45, 2.75) is 46.1 Å². The summed E-state index contributed by atoms with van der Waals surface area (Å²) in [6, 6.07) is 1.89. The van der Waals surface area contributed by atoms with Crippen LogP contribution in [0.4, 0.5) is 5.82 Å². The van der Waals surface area contributed by atoms with Crippen LogP contribution in [0.5, 0.6) is 0 Å². The van der Waals surface area contributed by atoms with E-state index in [0.29, 0.717) is 11.7 Å². The molecule has 23 heavy (non-hydrogen) atoms. The fourth-order valence-corrected chi connectivity index (χ4v) is 2.78. The van der Waals surface area contributed by atoms with Crippen molar-refractivity contribution in [2.75, 3.05) is 18.5 Å². The fourth-order valence-electron chi connectivity index (χ4n) is 2.58. The van der Waals surface area contributed by atoms with Gasteiger partial charge in [-0.25, -0.2) is 4.98 Å². The number of nitrogens with one attached hydrogen (secondary N) is 1. The summed E-state index contributed by atoms with van der Waals surface area (Å²) in [6.45, 7) is 9.11. The summed E-state index contributed by atoms with van der Waals surface area (Å²) in [5.74, 6) is 0.787. The van der Waals surface area contributed by atoms with Gasteiger partial charge in [0.1, 0.15) is 11.0 Å². The second kappa shape index (κ2) is 7.37. The molecule has 0 atom stereocenters. The normalized spacial score (nSPS) is 15.9. The van der Waals surface area contributed by atoms with Crippen LogP contribution in [-0.4, -0.2) is 33.7 Å². The van der Waals surface area contributed by atoms with Crippen molar-refractivity contribution in [3.8, 4) is 0 Å². The molecule has 2 heterocycles. The maximum absolute atomic E-state index is 9.35. The molecule has 1 aliphatic heterocycles. The molecule has 0 fully saturated rings. The zero-order chi connectivity index (χ0) is 17.0. The lowest BCUT2D eigenvalue weighted by Crippen LogP contribution is -2.29. The smallest absolute Gasteiger partial charge is 0.138 e. The molecule has 0 unspecified atom stereocenters. The van der Waals surface area contributed by atoms with E-state index in [-0.39, 0.29) is 12.1 Å². The molecule has 0 aromatic carbocycles. The lowest BCUT2D eigenvalue weighted by atomic mass is 9.99. The highest BCUT2D eigenvalue weighted by Crippen LogP contribution is 2.36. The topological polar surface area (TPSA) is 48.4 Å². The molecule has 1 aliphatic rings. The predicted molar refractivity (Wildman–Crippen MR) is 98.3 cm³/mol. The predicted octanol–water partition coefficient (Wildman–Crippen LogP) is 4.37. The molecule has 0 amide bonds. The Morgan fingerprint density at radius 1 is 1.39 bits per heavy atom. The number of aromatic nitrogens is 1. The first-order chi connectivity index (χ1) is 10.9. The van der Waals surface area contributed by atoms with Gasteiger partial charge < -0.3 is 15.3 Å². The Morgan fingerprint density at radius 3 is 2.74 bits per heavy atom. The summed E-state index contributed by atoms with van der Waals surface area (Å²) >= 11 is 6.20. The highest BCUT2D eigenvalue weighted by molar-refractivity contribution is 6.29. The van der Waals surface area contributed by atoms with Crippen molar-refractivity contribution >= 4 is 29.2 Å².